The second-order valence-electron chi connectivity index (χ2n) is 5.66. The molecule has 0 aliphatic carbocycles. The van der Waals surface area contributed by atoms with E-state index in [9.17, 15) is 14.4 Å². The molecule has 4 N–H and O–H groups in total. The number of carbonyl (C=O) groups is 3. The Morgan fingerprint density at radius 3 is 2.23 bits per heavy atom. The molecule has 2 aromatic carbocycles. The van der Waals surface area contributed by atoms with Crippen LogP contribution in [0.3, 0.4) is 0 Å². The number of nitrogens with one attached hydrogen (secondary N) is 2. The maximum absolute atomic E-state index is 12.4. The highest BCUT2D eigenvalue weighted by atomic mass is 16.5. The van der Waals surface area contributed by atoms with Crippen LogP contribution in [-0.2, 0) is 22.5 Å². The Morgan fingerprint density at radius 2 is 1.65 bits per heavy atom. The van der Waals surface area contributed by atoms with Gasteiger partial charge in [0, 0.05) is 13.0 Å². The molecule has 0 spiro atoms. The minimum absolute atomic E-state index is 0.256. The largest absolute Gasteiger partial charge is 0.465 e. The van der Waals surface area contributed by atoms with Crippen molar-refractivity contribution in [1.82, 2.24) is 10.6 Å². The number of amides is 3. The Kier molecular flexibility index (Phi) is 6.73. The quantitative estimate of drug-likeness (QED) is 0.651. The molecular formula is C19H21N3O4. The van der Waals surface area contributed by atoms with Gasteiger partial charge < -0.3 is 21.1 Å². The van der Waals surface area contributed by atoms with Gasteiger partial charge in [0.15, 0.2) is 0 Å². The van der Waals surface area contributed by atoms with Crippen molar-refractivity contribution >= 4 is 17.9 Å². The smallest absolute Gasteiger partial charge is 0.337 e. The van der Waals surface area contributed by atoms with Crippen molar-refractivity contribution in [2.75, 3.05) is 7.11 Å². The van der Waals surface area contributed by atoms with E-state index in [1.807, 2.05) is 30.3 Å². The first-order chi connectivity index (χ1) is 12.5. The number of esters is 1. The number of nitrogens with two attached hydrogens (primary N) is 1. The number of ether oxygens (including phenoxy) is 1. The summed E-state index contributed by atoms with van der Waals surface area (Å²) >= 11 is 0. The van der Waals surface area contributed by atoms with Crippen LogP contribution in [0.1, 0.15) is 21.5 Å². The topological polar surface area (TPSA) is 111 Å². The highest BCUT2D eigenvalue weighted by Gasteiger charge is 2.20. The average molecular weight is 355 g/mol. The predicted octanol–water partition coefficient (Wildman–Crippen LogP) is 1.37. The minimum atomic E-state index is -0.774. The van der Waals surface area contributed by atoms with Gasteiger partial charge in [0.05, 0.1) is 12.7 Å². The lowest BCUT2D eigenvalue weighted by atomic mass is 10.1. The number of benzene rings is 2. The van der Waals surface area contributed by atoms with Crippen LogP contribution in [0.4, 0.5) is 4.79 Å². The van der Waals surface area contributed by atoms with E-state index in [0.29, 0.717) is 12.0 Å². The lowest BCUT2D eigenvalue weighted by Gasteiger charge is -2.17. The van der Waals surface area contributed by atoms with Crippen LogP contribution in [0.2, 0.25) is 0 Å². The van der Waals surface area contributed by atoms with E-state index in [2.05, 4.69) is 15.4 Å². The van der Waals surface area contributed by atoms with Gasteiger partial charge in [0.2, 0.25) is 5.91 Å². The first-order valence-electron chi connectivity index (χ1n) is 8.04. The zero-order chi connectivity index (χ0) is 18.9. The zero-order valence-electron chi connectivity index (χ0n) is 14.4. The molecule has 26 heavy (non-hydrogen) atoms. The van der Waals surface area contributed by atoms with Crippen LogP contribution in [-0.4, -0.2) is 31.1 Å². The second kappa shape index (κ2) is 9.22. The fraction of sp³-hybridized carbons (Fsp3) is 0.211. The number of primary amides is 1. The van der Waals surface area contributed by atoms with Crippen molar-refractivity contribution in [2.24, 2.45) is 5.73 Å². The first kappa shape index (κ1) is 19.0. The summed E-state index contributed by atoms with van der Waals surface area (Å²) in [6.07, 6.45) is 0.330. The molecule has 0 saturated carbocycles. The van der Waals surface area contributed by atoms with Crippen LogP contribution in [0.5, 0.6) is 0 Å². The molecule has 2 aromatic rings. The number of carbonyl (C=O) groups excluding carboxylic acids is 3. The van der Waals surface area contributed by atoms with Gasteiger partial charge in [-0.3, -0.25) is 4.79 Å². The average Bonchev–Trinajstić information content (AvgIpc) is 2.66. The van der Waals surface area contributed by atoms with Crippen LogP contribution >= 0.6 is 0 Å². The van der Waals surface area contributed by atoms with Crippen molar-refractivity contribution < 1.29 is 19.1 Å². The van der Waals surface area contributed by atoms with Crippen LogP contribution in [0.15, 0.2) is 54.6 Å². The third-order valence-corrected chi connectivity index (χ3v) is 3.76. The Balaban J connectivity index is 1.97. The molecule has 0 fully saturated rings. The summed E-state index contributed by atoms with van der Waals surface area (Å²) in [6.45, 7) is 0.256. The fourth-order valence-corrected chi connectivity index (χ4v) is 2.42. The van der Waals surface area contributed by atoms with Gasteiger partial charge in [0.1, 0.15) is 6.04 Å². The lowest BCUT2D eigenvalue weighted by molar-refractivity contribution is -0.123. The summed E-state index contributed by atoms with van der Waals surface area (Å²) in [5, 5.41) is 5.22. The van der Waals surface area contributed by atoms with Gasteiger partial charge in [-0.15, -0.1) is 0 Å². The van der Waals surface area contributed by atoms with E-state index in [1.54, 1.807) is 24.3 Å². The molecule has 0 heterocycles. The Labute approximate surface area is 151 Å². The summed E-state index contributed by atoms with van der Waals surface area (Å²) in [7, 11) is 1.31. The van der Waals surface area contributed by atoms with Gasteiger partial charge >= 0.3 is 12.0 Å². The second-order valence-corrected chi connectivity index (χ2v) is 5.66. The summed E-state index contributed by atoms with van der Waals surface area (Å²) in [6, 6.07) is 14.5. The molecule has 0 bridgehead atoms. The highest BCUT2D eigenvalue weighted by Crippen LogP contribution is 2.07. The van der Waals surface area contributed by atoms with Crippen molar-refractivity contribution in [1.29, 1.82) is 0 Å². The van der Waals surface area contributed by atoms with E-state index < -0.39 is 18.0 Å². The number of rotatable bonds is 7. The van der Waals surface area contributed by atoms with Crippen molar-refractivity contribution in [2.45, 2.75) is 19.0 Å². The number of hydrogen-bond donors (Lipinski definition) is 3. The van der Waals surface area contributed by atoms with Gasteiger partial charge in [-0.25, -0.2) is 9.59 Å². The molecule has 0 aromatic heterocycles. The maximum atomic E-state index is 12.4. The lowest BCUT2D eigenvalue weighted by Crippen LogP contribution is -2.49. The van der Waals surface area contributed by atoms with Crippen molar-refractivity contribution in [3.63, 3.8) is 0 Å². The van der Waals surface area contributed by atoms with Crippen LogP contribution in [0, 0.1) is 0 Å². The molecule has 0 aliphatic rings. The van der Waals surface area contributed by atoms with Gasteiger partial charge in [0.25, 0.3) is 0 Å². The third kappa shape index (κ3) is 5.62. The van der Waals surface area contributed by atoms with Gasteiger partial charge in [-0.2, -0.15) is 0 Å². The molecule has 1 atom stereocenters. The molecule has 3 amide bonds. The number of urea groups is 1. The number of methoxy groups -OCH3 is 1. The van der Waals surface area contributed by atoms with Gasteiger partial charge in [-0.1, -0.05) is 42.5 Å². The Morgan fingerprint density at radius 1 is 1.00 bits per heavy atom. The predicted molar refractivity (Wildman–Crippen MR) is 96.3 cm³/mol. The molecule has 0 saturated heterocycles. The summed E-state index contributed by atoms with van der Waals surface area (Å²) in [4.78, 5) is 35.0. The molecule has 136 valence electrons. The SMILES string of the molecule is COC(=O)c1ccc(CNC(=O)C(Cc2ccccc2)NC(N)=O)cc1. The summed E-state index contributed by atoms with van der Waals surface area (Å²) in [5.41, 5.74) is 7.32. The minimum Gasteiger partial charge on any atom is -0.465 e. The Hall–Kier alpha value is -3.35. The fourth-order valence-electron chi connectivity index (χ4n) is 2.42. The first-order valence-corrected chi connectivity index (χ1v) is 8.04. The molecule has 7 nitrogen and oxygen atoms in total. The molecule has 0 radical (unpaired) electrons. The number of hydrogen-bond acceptors (Lipinski definition) is 4. The standard InChI is InChI=1S/C19H21N3O4/c1-26-18(24)15-9-7-14(8-10-15)12-21-17(23)16(22-19(20)25)11-13-5-3-2-4-6-13/h2-10,16H,11-12H2,1H3,(H,21,23)(H3,20,22,25). The molecule has 0 aliphatic heterocycles. The molecule has 7 heteroatoms. The van der Waals surface area contributed by atoms with Gasteiger partial charge in [-0.05, 0) is 23.3 Å². The monoisotopic (exact) mass is 355 g/mol. The Bertz CT molecular complexity index is 760. The van der Waals surface area contributed by atoms with Crippen LogP contribution < -0.4 is 16.4 Å². The van der Waals surface area contributed by atoms with E-state index in [1.165, 1.54) is 7.11 Å². The summed E-state index contributed by atoms with van der Waals surface area (Å²) < 4.78 is 4.64. The van der Waals surface area contributed by atoms with E-state index in [-0.39, 0.29) is 12.5 Å². The molecule has 1 unspecified atom stereocenters. The zero-order valence-corrected chi connectivity index (χ0v) is 14.4. The third-order valence-electron chi connectivity index (χ3n) is 3.76. The van der Waals surface area contributed by atoms with Crippen molar-refractivity contribution in [3.8, 4) is 0 Å². The molecule has 2 rings (SSSR count). The highest BCUT2D eigenvalue weighted by molar-refractivity contribution is 5.89. The van der Waals surface area contributed by atoms with Crippen LogP contribution in [0.25, 0.3) is 0 Å². The van der Waals surface area contributed by atoms with E-state index in [0.717, 1.165) is 11.1 Å². The normalized spacial score (nSPS) is 11.3. The maximum Gasteiger partial charge on any atom is 0.337 e. The summed E-state index contributed by atoms with van der Waals surface area (Å²) in [5.74, 6) is -0.765. The van der Waals surface area contributed by atoms with Crippen molar-refractivity contribution in [3.05, 3.63) is 71.3 Å². The van der Waals surface area contributed by atoms with E-state index >= 15 is 0 Å². The van der Waals surface area contributed by atoms with E-state index in [4.69, 9.17) is 5.73 Å². The molecular weight excluding hydrogens is 334 g/mol.